The Kier molecular flexibility index (Phi) is 2.95. The fraction of sp³-hybridized carbons (Fsp3) is 0.133. The minimum atomic E-state index is -0.190. The molecule has 0 aliphatic carbocycles. The molecule has 20 heavy (non-hydrogen) atoms. The summed E-state index contributed by atoms with van der Waals surface area (Å²) in [5, 5.41) is 2.77. The number of amides is 1. The van der Waals surface area contributed by atoms with Crippen molar-refractivity contribution in [1.82, 2.24) is 14.4 Å². The lowest BCUT2D eigenvalue weighted by Crippen LogP contribution is -2.13. The molecule has 0 fully saturated rings. The van der Waals surface area contributed by atoms with E-state index in [0.717, 1.165) is 16.9 Å². The molecule has 0 aliphatic rings. The van der Waals surface area contributed by atoms with Crippen molar-refractivity contribution in [3.63, 3.8) is 0 Å². The molecule has 5 nitrogen and oxygen atoms in total. The average molecular weight is 266 g/mol. The molecule has 0 saturated heterocycles. The summed E-state index contributed by atoms with van der Waals surface area (Å²) >= 11 is 0. The van der Waals surface area contributed by atoms with Gasteiger partial charge in [0.05, 0.1) is 5.69 Å². The highest BCUT2D eigenvalue weighted by Crippen LogP contribution is 2.10. The summed E-state index contributed by atoms with van der Waals surface area (Å²) in [6.07, 6.45) is 5.46. The van der Waals surface area contributed by atoms with Crippen LogP contribution in [-0.4, -0.2) is 20.3 Å². The summed E-state index contributed by atoms with van der Waals surface area (Å²) in [6, 6.07) is 7.21. The largest absolute Gasteiger partial charge is 0.307 e. The predicted molar refractivity (Wildman–Crippen MR) is 76.9 cm³/mol. The Hall–Kier alpha value is -2.69. The van der Waals surface area contributed by atoms with E-state index in [1.54, 1.807) is 24.4 Å². The first-order valence-electron chi connectivity index (χ1n) is 6.31. The summed E-state index contributed by atoms with van der Waals surface area (Å²) in [6.45, 7) is 3.87. The number of carbonyl (C=O) groups is 1. The minimum absolute atomic E-state index is 0.190. The quantitative estimate of drug-likeness (QED) is 0.775. The van der Waals surface area contributed by atoms with Crippen molar-refractivity contribution >= 4 is 17.4 Å². The highest BCUT2D eigenvalue weighted by atomic mass is 16.1. The number of nitrogens with one attached hydrogen (secondary N) is 1. The van der Waals surface area contributed by atoms with Gasteiger partial charge in [-0.1, -0.05) is 6.07 Å². The third kappa shape index (κ3) is 2.38. The number of rotatable bonds is 2. The number of aryl methyl sites for hydroxylation is 2. The average Bonchev–Trinajstić information content (AvgIpc) is 2.80. The van der Waals surface area contributed by atoms with Gasteiger partial charge in [0.25, 0.3) is 5.91 Å². The van der Waals surface area contributed by atoms with Gasteiger partial charge in [-0.3, -0.25) is 4.79 Å². The van der Waals surface area contributed by atoms with Crippen molar-refractivity contribution in [3.05, 3.63) is 59.7 Å². The van der Waals surface area contributed by atoms with Crippen LogP contribution in [0.25, 0.3) is 5.65 Å². The molecule has 0 saturated carbocycles. The first-order chi connectivity index (χ1) is 9.61. The second kappa shape index (κ2) is 4.77. The first kappa shape index (κ1) is 12.3. The van der Waals surface area contributed by atoms with E-state index >= 15 is 0 Å². The van der Waals surface area contributed by atoms with Gasteiger partial charge < -0.3 is 9.72 Å². The van der Waals surface area contributed by atoms with Crippen LogP contribution in [0.15, 0.2) is 42.9 Å². The molecule has 0 aromatic carbocycles. The minimum Gasteiger partial charge on any atom is -0.307 e. The molecule has 0 aliphatic heterocycles. The van der Waals surface area contributed by atoms with Gasteiger partial charge in [0.2, 0.25) is 0 Å². The van der Waals surface area contributed by atoms with Crippen molar-refractivity contribution in [1.29, 1.82) is 0 Å². The molecule has 0 radical (unpaired) electrons. The van der Waals surface area contributed by atoms with E-state index in [9.17, 15) is 4.79 Å². The van der Waals surface area contributed by atoms with Crippen LogP contribution in [0.5, 0.6) is 0 Å². The maximum absolute atomic E-state index is 12.2. The van der Waals surface area contributed by atoms with Crippen molar-refractivity contribution in [2.24, 2.45) is 0 Å². The predicted octanol–water partition coefficient (Wildman–Crippen LogP) is 2.60. The smallest absolute Gasteiger partial charge is 0.257 e. The zero-order valence-electron chi connectivity index (χ0n) is 11.3. The Morgan fingerprint density at radius 3 is 2.85 bits per heavy atom. The molecule has 1 N–H and O–H groups in total. The summed E-state index contributed by atoms with van der Waals surface area (Å²) in [4.78, 5) is 20.7. The van der Waals surface area contributed by atoms with E-state index in [2.05, 4.69) is 15.3 Å². The van der Waals surface area contributed by atoms with Gasteiger partial charge in [-0.05, 0) is 37.6 Å². The van der Waals surface area contributed by atoms with Crippen LogP contribution in [0.1, 0.15) is 21.6 Å². The van der Waals surface area contributed by atoms with Gasteiger partial charge in [0.1, 0.15) is 11.5 Å². The molecule has 5 heteroatoms. The molecule has 3 aromatic heterocycles. The number of anilines is 1. The van der Waals surface area contributed by atoms with E-state index in [0.29, 0.717) is 11.4 Å². The fourth-order valence-electron chi connectivity index (χ4n) is 1.98. The molecule has 0 atom stereocenters. The molecule has 3 heterocycles. The molecule has 100 valence electrons. The van der Waals surface area contributed by atoms with E-state index in [-0.39, 0.29) is 5.91 Å². The monoisotopic (exact) mass is 266 g/mol. The SMILES string of the molecule is Cc1ccc(NC(=O)c2ccn3cc(C)nc3c2)nc1. The number of aromatic nitrogens is 3. The van der Waals surface area contributed by atoms with E-state index in [1.807, 2.05) is 36.7 Å². The topological polar surface area (TPSA) is 59.3 Å². The van der Waals surface area contributed by atoms with Crippen molar-refractivity contribution < 1.29 is 4.79 Å². The van der Waals surface area contributed by atoms with Gasteiger partial charge in [-0.25, -0.2) is 9.97 Å². The van der Waals surface area contributed by atoms with E-state index in [1.165, 1.54) is 0 Å². The highest BCUT2D eigenvalue weighted by Gasteiger charge is 2.08. The third-order valence-electron chi connectivity index (χ3n) is 3.00. The maximum Gasteiger partial charge on any atom is 0.257 e. The van der Waals surface area contributed by atoms with Gasteiger partial charge in [0.15, 0.2) is 0 Å². The molecule has 1 amide bonds. The Morgan fingerprint density at radius 1 is 1.25 bits per heavy atom. The summed E-state index contributed by atoms with van der Waals surface area (Å²) in [5.74, 6) is 0.351. The normalized spacial score (nSPS) is 10.7. The van der Waals surface area contributed by atoms with E-state index < -0.39 is 0 Å². The summed E-state index contributed by atoms with van der Waals surface area (Å²) in [7, 11) is 0. The van der Waals surface area contributed by atoms with Crippen LogP contribution in [0.4, 0.5) is 5.82 Å². The number of imidazole rings is 1. The number of pyridine rings is 2. The third-order valence-corrected chi connectivity index (χ3v) is 3.00. The number of hydrogen-bond donors (Lipinski definition) is 1. The van der Waals surface area contributed by atoms with Crippen LogP contribution in [0.3, 0.4) is 0 Å². The molecule has 3 rings (SSSR count). The lowest BCUT2D eigenvalue weighted by Gasteiger charge is -2.05. The lowest BCUT2D eigenvalue weighted by molar-refractivity contribution is 0.102. The Bertz CT molecular complexity index is 774. The summed E-state index contributed by atoms with van der Waals surface area (Å²) < 4.78 is 1.89. The van der Waals surface area contributed by atoms with E-state index in [4.69, 9.17) is 0 Å². The Labute approximate surface area is 116 Å². The highest BCUT2D eigenvalue weighted by molar-refractivity contribution is 6.04. The second-order valence-electron chi connectivity index (χ2n) is 4.74. The van der Waals surface area contributed by atoms with Crippen LogP contribution < -0.4 is 5.32 Å². The maximum atomic E-state index is 12.2. The van der Waals surface area contributed by atoms with Gasteiger partial charge in [-0.2, -0.15) is 0 Å². The molecule has 0 unspecified atom stereocenters. The van der Waals surface area contributed by atoms with Crippen LogP contribution in [0.2, 0.25) is 0 Å². The van der Waals surface area contributed by atoms with Gasteiger partial charge in [-0.15, -0.1) is 0 Å². The first-order valence-corrected chi connectivity index (χ1v) is 6.31. The Morgan fingerprint density at radius 2 is 2.10 bits per heavy atom. The molecular weight excluding hydrogens is 252 g/mol. The zero-order valence-corrected chi connectivity index (χ0v) is 11.3. The van der Waals surface area contributed by atoms with Gasteiger partial charge >= 0.3 is 0 Å². The number of hydrogen-bond acceptors (Lipinski definition) is 3. The van der Waals surface area contributed by atoms with Crippen molar-refractivity contribution in [3.8, 4) is 0 Å². The van der Waals surface area contributed by atoms with Crippen LogP contribution in [-0.2, 0) is 0 Å². The number of nitrogens with zero attached hydrogens (tertiary/aromatic N) is 3. The van der Waals surface area contributed by atoms with Crippen LogP contribution in [0, 0.1) is 13.8 Å². The summed E-state index contributed by atoms with van der Waals surface area (Å²) in [5.41, 5.74) is 3.29. The molecule has 0 bridgehead atoms. The molecule has 0 spiro atoms. The molecular formula is C15H14N4O. The van der Waals surface area contributed by atoms with Crippen molar-refractivity contribution in [2.45, 2.75) is 13.8 Å². The zero-order chi connectivity index (χ0) is 14.1. The molecule has 3 aromatic rings. The fourth-order valence-corrected chi connectivity index (χ4v) is 1.98. The van der Waals surface area contributed by atoms with Gasteiger partial charge in [0, 0.05) is 24.2 Å². The Balaban J connectivity index is 1.86. The number of fused-ring (bicyclic) bond motifs is 1. The second-order valence-corrected chi connectivity index (χ2v) is 4.74. The van der Waals surface area contributed by atoms with Crippen LogP contribution >= 0.6 is 0 Å². The van der Waals surface area contributed by atoms with Crippen molar-refractivity contribution in [2.75, 3.05) is 5.32 Å². The lowest BCUT2D eigenvalue weighted by atomic mass is 10.2. The number of carbonyl (C=O) groups excluding carboxylic acids is 1. The standard InChI is InChI=1S/C15H14N4O/c1-10-3-4-13(16-8-10)18-15(20)12-5-6-19-9-11(2)17-14(19)7-12/h3-9H,1-2H3,(H,16,18,20).